The molecule has 128 valence electrons. The van der Waals surface area contributed by atoms with Crippen LogP contribution in [-0.2, 0) is 0 Å². The molecule has 0 saturated heterocycles. The molecule has 0 bridgehead atoms. The zero-order chi connectivity index (χ0) is 17.6. The Morgan fingerprint density at radius 2 is 1.88 bits per heavy atom. The fourth-order valence-corrected chi connectivity index (χ4v) is 3.32. The van der Waals surface area contributed by atoms with E-state index >= 15 is 0 Å². The van der Waals surface area contributed by atoms with Crippen LogP contribution >= 0.6 is 11.8 Å². The van der Waals surface area contributed by atoms with Gasteiger partial charge in [0.05, 0.1) is 11.9 Å². The molecule has 0 radical (unpaired) electrons. The first kappa shape index (κ1) is 17.2. The van der Waals surface area contributed by atoms with E-state index in [2.05, 4.69) is 10.2 Å². The van der Waals surface area contributed by atoms with Crippen LogP contribution < -0.4 is 4.74 Å². The van der Waals surface area contributed by atoms with Gasteiger partial charge in [-0.05, 0) is 50.2 Å². The molecule has 6 heteroatoms. The van der Waals surface area contributed by atoms with Gasteiger partial charge in [-0.25, -0.2) is 0 Å². The van der Waals surface area contributed by atoms with E-state index < -0.39 is 0 Å². The molecule has 0 spiro atoms. The van der Waals surface area contributed by atoms with Crippen molar-refractivity contribution in [2.75, 3.05) is 6.61 Å². The Bertz CT molecular complexity index is 831. The number of rotatable bonds is 7. The molecule has 25 heavy (non-hydrogen) atoms. The minimum atomic E-state index is -0.274. The van der Waals surface area contributed by atoms with Gasteiger partial charge in [-0.1, -0.05) is 30.0 Å². The molecular weight excluding hydrogens is 334 g/mol. The molecule has 0 aliphatic rings. The van der Waals surface area contributed by atoms with E-state index in [1.54, 1.807) is 18.5 Å². The maximum absolute atomic E-state index is 12.7. The second kappa shape index (κ2) is 7.98. The standard InChI is InChI=1S/C19H19N3O2S/c1-3-24-17-11-9-15(10-12-17)18(23)14(2)25-19-21-20-13-22(19)16-7-5-4-6-8-16/h4-14H,3H2,1-2H3. The van der Waals surface area contributed by atoms with Gasteiger partial charge in [0.1, 0.15) is 12.1 Å². The van der Waals surface area contributed by atoms with Gasteiger partial charge in [-0.3, -0.25) is 9.36 Å². The number of nitrogens with zero attached hydrogens (tertiary/aromatic N) is 3. The number of benzene rings is 2. The summed E-state index contributed by atoms with van der Waals surface area (Å²) >= 11 is 1.40. The number of hydrogen-bond donors (Lipinski definition) is 0. The number of carbonyl (C=O) groups excluding carboxylic acids is 1. The van der Waals surface area contributed by atoms with Crippen LogP contribution in [0.25, 0.3) is 5.69 Å². The number of carbonyl (C=O) groups is 1. The minimum Gasteiger partial charge on any atom is -0.494 e. The van der Waals surface area contributed by atoms with Gasteiger partial charge in [0.15, 0.2) is 10.9 Å². The van der Waals surface area contributed by atoms with E-state index in [1.165, 1.54) is 11.8 Å². The Balaban J connectivity index is 1.73. The molecule has 1 unspecified atom stereocenters. The largest absolute Gasteiger partial charge is 0.494 e. The van der Waals surface area contributed by atoms with Gasteiger partial charge in [0, 0.05) is 11.3 Å². The minimum absolute atomic E-state index is 0.0515. The molecule has 0 aliphatic heterocycles. The summed E-state index contributed by atoms with van der Waals surface area (Å²) in [5.41, 5.74) is 1.63. The summed E-state index contributed by atoms with van der Waals surface area (Å²) in [6.45, 7) is 4.42. The molecule has 0 aliphatic carbocycles. The zero-order valence-electron chi connectivity index (χ0n) is 14.1. The first-order valence-corrected chi connectivity index (χ1v) is 8.96. The maximum Gasteiger partial charge on any atom is 0.196 e. The van der Waals surface area contributed by atoms with Crippen LogP contribution in [0.2, 0.25) is 0 Å². The van der Waals surface area contributed by atoms with Crippen LogP contribution in [0.5, 0.6) is 5.75 Å². The Labute approximate surface area is 151 Å². The van der Waals surface area contributed by atoms with Gasteiger partial charge >= 0.3 is 0 Å². The van der Waals surface area contributed by atoms with Crippen LogP contribution in [0.4, 0.5) is 0 Å². The Morgan fingerprint density at radius 3 is 2.56 bits per heavy atom. The van der Waals surface area contributed by atoms with Crippen molar-refractivity contribution >= 4 is 17.5 Å². The number of hydrogen-bond acceptors (Lipinski definition) is 5. The molecule has 5 nitrogen and oxygen atoms in total. The summed E-state index contributed by atoms with van der Waals surface area (Å²) in [5.74, 6) is 0.818. The molecule has 1 atom stereocenters. The SMILES string of the molecule is CCOc1ccc(C(=O)C(C)Sc2nncn2-c2ccccc2)cc1. The highest BCUT2D eigenvalue weighted by molar-refractivity contribution is 8.00. The van der Waals surface area contributed by atoms with Gasteiger partial charge in [0.25, 0.3) is 0 Å². The number of ketones is 1. The van der Waals surface area contributed by atoms with Crippen molar-refractivity contribution in [3.05, 3.63) is 66.5 Å². The van der Waals surface area contributed by atoms with Crippen molar-refractivity contribution in [2.45, 2.75) is 24.3 Å². The van der Waals surface area contributed by atoms with Gasteiger partial charge in [-0.2, -0.15) is 0 Å². The second-order valence-corrected chi connectivity index (χ2v) is 6.71. The van der Waals surface area contributed by atoms with E-state index in [9.17, 15) is 4.79 Å². The highest BCUT2D eigenvalue weighted by Gasteiger charge is 2.20. The van der Waals surface area contributed by atoms with Crippen molar-refractivity contribution in [3.63, 3.8) is 0 Å². The molecule has 3 rings (SSSR count). The van der Waals surface area contributed by atoms with Gasteiger partial charge in [0.2, 0.25) is 0 Å². The highest BCUT2D eigenvalue weighted by atomic mass is 32.2. The average Bonchev–Trinajstić information content (AvgIpc) is 3.11. The predicted octanol–water partition coefficient (Wildman–Crippen LogP) is 4.03. The normalized spacial score (nSPS) is 11.9. The van der Waals surface area contributed by atoms with Crippen molar-refractivity contribution in [3.8, 4) is 11.4 Å². The molecule has 0 N–H and O–H groups in total. The Hall–Kier alpha value is -2.60. The number of aromatic nitrogens is 3. The molecule has 3 aromatic rings. The summed E-state index contributed by atoms with van der Waals surface area (Å²) < 4.78 is 7.29. The lowest BCUT2D eigenvalue weighted by molar-refractivity contribution is 0.0994. The molecule has 0 amide bonds. The highest BCUT2D eigenvalue weighted by Crippen LogP contribution is 2.26. The van der Waals surface area contributed by atoms with Crippen LogP contribution in [0, 0.1) is 0 Å². The molecule has 2 aromatic carbocycles. The summed E-state index contributed by atoms with van der Waals surface area (Å²) in [5, 5.41) is 8.55. The van der Waals surface area contributed by atoms with Crippen molar-refractivity contribution in [1.29, 1.82) is 0 Å². The Kier molecular flexibility index (Phi) is 5.50. The Morgan fingerprint density at radius 1 is 1.16 bits per heavy atom. The van der Waals surface area contributed by atoms with Crippen LogP contribution in [0.1, 0.15) is 24.2 Å². The van der Waals surface area contributed by atoms with Crippen LogP contribution in [-0.4, -0.2) is 32.4 Å². The van der Waals surface area contributed by atoms with Gasteiger partial charge < -0.3 is 4.74 Å². The number of thioether (sulfide) groups is 1. The number of ether oxygens (including phenoxy) is 1. The third-order valence-corrected chi connectivity index (χ3v) is 4.71. The maximum atomic E-state index is 12.7. The lowest BCUT2D eigenvalue weighted by Gasteiger charge is -2.11. The molecule has 1 heterocycles. The first-order valence-electron chi connectivity index (χ1n) is 8.08. The lowest BCUT2D eigenvalue weighted by atomic mass is 10.1. The lowest BCUT2D eigenvalue weighted by Crippen LogP contribution is -2.14. The monoisotopic (exact) mass is 353 g/mol. The van der Waals surface area contributed by atoms with Gasteiger partial charge in [-0.15, -0.1) is 10.2 Å². The average molecular weight is 353 g/mol. The van der Waals surface area contributed by atoms with Crippen molar-refractivity contribution in [2.24, 2.45) is 0 Å². The summed E-state index contributed by atoms with van der Waals surface area (Å²) in [6, 6.07) is 17.1. The fourth-order valence-electron chi connectivity index (χ4n) is 2.40. The van der Waals surface area contributed by atoms with E-state index in [-0.39, 0.29) is 11.0 Å². The third-order valence-electron chi connectivity index (χ3n) is 3.65. The smallest absolute Gasteiger partial charge is 0.196 e. The fraction of sp³-hybridized carbons (Fsp3) is 0.211. The van der Waals surface area contributed by atoms with E-state index in [4.69, 9.17) is 4.74 Å². The number of para-hydroxylation sites is 1. The first-order chi connectivity index (χ1) is 12.2. The van der Waals surface area contributed by atoms with Crippen molar-refractivity contribution < 1.29 is 9.53 Å². The molecule has 0 fully saturated rings. The van der Waals surface area contributed by atoms with Crippen molar-refractivity contribution in [1.82, 2.24) is 14.8 Å². The summed E-state index contributed by atoms with van der Waals surface area (Å²) in [4.78, 5) is 12.7. The third kappa shape index (κ3) is 4.09. The predicted molar refractivity (Wildman–Crippen MR) is 98.6 cm³/mol. The quantitative estimate of drug-likeness (QED) is 0.474. The van der Waals surface area contributed by atoms with E-state index in [1.807, 2.05) is 60.9 Å². The number of Topliss-reactive ketones (excluding diaryl/α,β-unsaturated/α-hetero) is 1. The summed E-state index contributed by atoms with van der Waals surface area (Å²) in [6.07, 6.45) is 1.66. The zero-order valence-corrected chi connectivity index (χ0v) is 14.9. The topological polar surface area (TPSA) is 57.0 Å². The van der Waals surface area contributed by atoms with E-state index in [0.717, 1.165) is 11.4 Å². The second-order valence-electron chi connectivity index (χ2n) is 5.40. The van der Waals surface area contributed by atoms with E-state index in [0.29, 0.717) is 17.3 Å². The molecule has 0 saturated carbocycles. The molecule has 1 aromatic heterocycles. The molecular formula is C19H19N3O2S. The summed E-state index contributed by atoms with van der Waals surface area (Å²) in [7, 11) is 0. The van der Waals surface area contributed by atoms with Crippen LogP contribution in [0.15, 0.2) is 66.1 Å². The van der Waals surface area contributed by atoms with Crippen LogP contribution in [0.3, 0.4) is 0 Å².